The fraction of sp³-hybridized carbons (Fsp3) is 0.222. The van der Waals surface area contributed by atoms with Crippen LogP contribution in [0.5, 0.6) is 0 Å². The second kappa shape index (κ2) is 7.93. The highest BCUT2D eigenvalue weighted by atomic mass is 19.4. The number of rotatable bonds is 0. The largest absolute Gasteiger partial charge is 0.490 e. The van der Waals surface area contributed by atoms with E-state index in [1.807, 2.05) is 0 Å². The van der Waals surface area contributed by atoms with Crippen LogP contribution < -0.4 is 5.73 Å². The number of alkyl halides is 6. The molecule has 0 amide bonds. The maximum atomic E-state index is 10.6. The number of hydrogen-bond donors (Lipinski definition) is 4. The Bertz CT molecular complexity index is 674. The predicted molar refractivity (Wildman–Crippen MR) is 63.5 cm³/mol. The highest BCUT2D eigenvalue weighted by molar-refractivity contribution is 5.83. The van der Waals surface area contributed by atoms with Crippen LogP contribution in [0.3, 0.4) is 0 Å². The summed E-state index contributed by atoms with van der Waals surface area (Å²) in [5.74, 6) is -5.06. The lowest BCUT2D eigenvalue weighted by atomic mass is 10.4. The first-order valence-electron chi connectivity index (χ1n) is 5.26. The number of nitrogens with zero attached hydrogens (tertiary/aromatic N) is 3. The summed E-state index contributed by atoms with van der Waals surface area (Å²) in [4.78, 5) is 25.5. The molecule has 0 saturated carbocycles. The molecule has 5 N–H and O–H groups in total. The van der Waals surface area contributed by atoms with E-state index >= 15 is 0 Å². The number of carboxylic acid groups (broad SMARTS) is 2. The summed E-state index contributed by atoms with van der Waals surface area (Å²) in [6.45, 7) is 0. The molecule has 15 heteroatoms. The van der Waals surface area contributed by atoms with E-state index in [-0.39, 0.29) is 0 Å². The number of nitrogens with two attached hydrogens (primary N) is 1. The third kappa shape index (κ3) is 7.23. The van der Waals surface area contributed by atoms with Crippen molar-refractivity contribution in [1.29, 1.82) is 0 Å². The van der Waals surface area contributed by atoms with Gasteiger partial charge in [-0.2, -0.15) is 31.4 Å². The highest BCUT2D eigenvalue weighted by Crippen LogP contribution is 2.13. The molecule has 0 aliphatic carbocycles. The molecule has 0 atom stereocenters. The van der Waals surface area contributed by atoms with Crippen molar-refractivity contribution in [2.45, 2.75) is 12.4 Å². The van der Waals surface area contributed by atoms with Gasteiger partial charge in [0.15, 0.2) is 5.65 Å². The minimum absolute atomic E-state index is 0.457. The van der Waals surface area contributed by atoms with Gasteiger partial charge in [0.2, 0.25) is 0 Å². The van der Waals surface area contributed by atoms with Crippen LogP contribution in [0.15, 0.2) is 12.5 Å². The fourth-order valence-electron chi connectivity index (χ4n) is 0.784. The minimum atomic E-state index is -5.08. The summed E-state index contributed by atoms with van der Waals surface area (Å²) >= 11 is 0. The molecule has 0 unspecified atom stereocenters. The summed E-state index contributed by atoms with van der Waals surface area (Å²) in [6.07, 6.45) is -7.17. The lowest BCUT2D eigenvalue weighted by Crippen LogP contribution is -2.21. The zero-order valence-electron chi connectivity index (χ0n) is 11.1. The quantitative estimate of drug-likeness (QED) is 0.509. The SMILES string of the molecule is Nc1ncnc2[nH]ncc12.O=C(O)C(F)(F)F.O=C(O)C(F)(F)F. The van der Waals surface area contributed by atoms with E-state index in [0.29, 0.717) is 11.5 Å². The van der Waals surface area contributed by atoms with Crippen molar-refractivity contribution in [3.63, 3.8) is 0 Å². The average Bonchev–Trinajstić information content (AvgIpc) is 2.87. The number of aromatic amines is 1. The second-order valence-corrected chi connectivity index (χ2v) is 3.50. The zero-order valence-corrected chi connectivity index (χ0v) is 11.1. The first-order chi connectivity index (χ1) is 10.8. The van der Waals surface area contributed by atoms with Gasteiger partial charge in [-0.25, -0.2) is 19.6 Å². The molecule has 0 fully saturated rings. The maximum absolute atomic E-state index is 10.6. The van der Waals surface area contributed by atoms with Crippen molar-refractivity contribution in [3.8, 4) is 0 Å². The van der Waals surface area contributed by atoms with Crippen LogP contribution in [0.2, 0.25) is 0 Å². The fourth-order valence-corrected chi connectivity index (χ4v) is 0.784. The predicted octanol–water partition coefficient (Wildman–Crippen LogP) is 1.20. The van der Waals surface area contributed by atoms with E-state index in [4.69, 9.17) is 25.5 Å². The molecule has 0 aromatic carbocycles. The summed E-state index contributed by atoms with van der Waals surface area (Å²) in [5.41, 5.74) is 6.16. The van der Waals surface area contributed by atoms with Gasteiger partial charge in [0.1, 0.15) is 12.1 Å². The molecule has 9 nitrogen and oxygen atoms in total. The van der Waals surface area contributed by atoms with Crippen LogP contribution in [0, 0.1) is 0 Å². The van der Waals surface area contributed by atoms with Gasteiger partial charge in [0.05, 0.1) is 11.6 Å². The number of carbonyl (C=O) groups is 2. The first kappa shape index (κ1) is 20.9. The average molecular weight is 363 g/mol. The number of anilines is 1. The third-order valence-electron chi connectivity index (χ3n) is 1.76. The number of hydrogen-bond acceptors (Lipinski definition) is 6. The van der Waals surface area contributed by atoms with Crippen LogP contribution in [-0.4, -0.2) is 54.7 Å². The molecule has 0 aliphatic rings. The normalized spacial score (nSPS) is 10.9. The van der Waals surface area contributed by atoms with Crippen LogP contribution in [-0.2, 0) is 9.59 Å². The molecule has 24 heavy (non-hydrogen) atoms. The van der Waals surface area contributed by atoms with Crippen LogP contribution in [0.25, 0.3) is 11.0 Å². The lowest BCUT2D eigenvalue weighted by Gasteiger charge is -1.93. The Kier molecular flexibility index (Phi) is 6.90. The Labute approximate surface area is 127 Å². The molecule has 2 aromatic rings. The summed E-state index contributed by atoms with van der Waals surface area (Å²) in [6, 6.07) is 0. The summed E-state index contributed by atoms with van der Waals surface area (Å²) in [5, 5.41) is 21.5. The zero-order chi connectivity index (χ0) is 19.1. The van der Waals surface area contributed by atoms with Crippen LogP contribution in [0.4, 0.5) is 32.2 Å². The number of halogens is 6. The lowest BCUT2D eigenvalue weighted by molar-refractivity contribution is -0.193. The molecule has 0 spiro atoms. The van der Waals surface area contributed by atoms with Crippen LogP contribution >= 0.6 is 0 Å². The number of H-pyrrole nitrogens is 1. The second-order valence-electron chi connectivity index (χ2n) is 3.50. The van der Waals surface area contributed by atoms with Crippen LogP contribution in [0.1, 0.15) is 0 Å². The van der Waals surface area contributed by atoms with Crippen molar-refractivity contribution < 1.29 is 46.1 Å². The Morgan fingerprint density at radius 1 is 1.00 bits per heavy atom. The van der Waals surface area contributed by atoms with Crippen molar-refractivity contribution in [2.75, 3.05) is 5.73 Å². The number of carboxylic acids is 2. The van der Waals surface area contributed by atoms with E-state index in [1.54, 1.807) is 6.20 Å². The Morgan fingerprint density at radius 2 is 1.42 bits per heavy atom. The molecule has 2 aromatic heterocycles. The maximum Gasteiger partial charge on any atom is 0.490 e. The van der Waals surface area contributed by atoms with E-state index in [2.05, 4.69) is 20.2 Å². The molecule has 2 heterocycles. The topological polar surface area (TPSA) is 155 Å². The number of aromatic nitrogens is 4. The van der Waals surface area contributed by atoms with Gasteiger partial charge in [-0.1, -0.05) is 0 Å². The standard InChI is InChI=1S/C5H5N5.2C2HF3O2/c6-4-3-1-9-10-5(3)8-2-7-4;2*3-2(4,5)1(6)7/h1-2H,(H3,6,7,8,9,10);2*(H,6,7). The summed E-state index contributed by atoms with van der Waals surface area (Å²) in [7, 11) is 0. The van der Waals surface area contributed by atoms with E-state index in [9.17, 15) is 26.3 Å². The highest BCUT2D eigenvalue weighted by Gasteiger charge is 2.38. The smallest absolute Gasteiger partial charge is 0.475 e. The Hall–Kier alpha value is -3.13. The number of nitrogens with one attached hydrogen (secondary N) is 1. The molecule has 0 bridgehead atoms. The first-order valence-corrected chi connectivity index (χ1v) is 5.26. The van der Waals surface area contributed by atoms with E-state index < -0.39 is 24.3 Å². The molecular weight excluding hydrogens is 356 g/mol. The van der Waals surface area contributed by atoms with Gasteiger partial charge in [0.25, 0.3) is 0 Å². The molecule has 2 rings (SSSR count). The van der Waals surface area contributed by atoms with Gasteiger partial charge >= 0.3 is 24.3 Å². The Balaban J connectivity index is 0.000000343. The third-order valence-corrected chi connectivity index (χ3v) is 1.76. The van der Waals surface area contributed by atoms with Crippen molar-refractivity contribution in [3.05, 3.63) is 12.5 Å². The van der Waals surface area contributed by atoms with Gasteiger partial charge in [-0.05, 0) is 0 Å². The number of aliphatic carboxylic acids is 2. The number of fused-ring (bicyclic) bond motifs is 1. The Morgan fingerprint density at radius 3 is 1.75 bits per heavy atom. The minimum Gasteiger partial charge on any atom is -0.475 e. The molecule has 0 saturated heterocycles. The van der Waals surface area contributed by atoms with Gasteiger partial charge in [0, 0.05) is 0 Å². The van der Waals surface area contributed by atoms with Crippen molar-refractivity contribution in [2.24, 2.45) is 0 Å². The monoisotopic (exact) mass is 363 g/mol. The summed E-state index contributed by atoms with van der Waals surface area (Å²) < 4.78 is 63.5. The number of nitrogen functional groups attached to an aromatic ring is 1. The van der Waals surface area contributed by atoms with Gasteiger partial charge < -0.3 is 15.9 Å². The van der Waals surface area contributed by atoms with E-state index in [0.717, 1.165) is 5.39 Å². The van der Waals surface area contributed by atoms with Gasteiger partial charge in [-0.15, -0.1) is 0 Å². The van der Waals surface area contributed by atoms with Crippen molar-refractivity contribution >= 4 is 28.8 Å². The molecule has 0 aliphatic heterocycles. The van der Waals surface area contributed by atoms with Gasteiger partial charge in [-0.3, -0.25) is 5.10 Å². The molecular formula is C9H7F6N5O4. The van der Waals surface area contributed by atoms with E-state index in [1.165, 1.54) is 6.33 Å². The molecule has 0 radical (unpaired) electrons. The molecule has 134 valence electrons. The van der Waals surface area contributed by atoms with Crippen molar-refractivity contribution in [1.82, 2.24) is 20.2 Å².